The Labute approximate surface area is 106 Å². The minimum absolute atomic E-state index is 0.150. The Balaban J connectivity index is 2.20. The fourth-order valence-corrected chi connectivity index (χ4v) is 2.35. The van der Waals surface area contributed by atoms with Gasteiger partial charge in [0.1, 0.15) is 0 Å². The van der Waals surface area contributed by atoms with Gasteiger partial charge < -0.3 is 5.32 Å². The van der Waals surface area contributed by atoms with Crippen LogP contribution in [0, 0.1) is 16.7 Å². The second kappa shape index (κ2) is 6.37. The average molecular weight is 237 g/mol. The van der Waals surface area contributed by atoms with E-state index in [0.29, 0.717) is 12.1 Å². The average Bonchev–Trinajstić information content (AvgIpc) is 2.29. The number of hydrogen-bond donors (Lipinski definition) is 1. The zero-order valence-electron chi connectivity index (χ0n) is 11.8. The number of piperazine rings is 1. The summed E-state index contributed by atoms with van der Waals surface area (Å²) in [6.45, 7) is 12.0. The summed E-state index contributed by atoms with van der Waals surface area (Å²) in [5.74, 6) is 0. The lowest BCUT2D eigenvalue weighted by Crippen LogP contribution is -2.54. The molecule has 0 aromatic rings. The molecule has 0 aromatic carbocycles. The van der Waals surface area contributed by atoms with Gasteiger partial charge in [-0.15, -0.1) is 0 Å². The van der Waals surface area contributed by atoms with Crippen LogP contribution in [0.2, 0.25) is 0 Å². The number of nitrogens with zero attached hydrogens (tertiary/aromatic N) is 2. The quantitative estimate of drug-likeness (QED) is 0.746. The van der Waals surface area contributed by atoms with E-state index >= 15 is 0 Å². The standard InChI is InChI=1S/C14H27N3/c1-12-10-17(13(2)9-16-12)8-6-5-7-14(3,4)11-15/h12-13,16H,5-10H2,1-4H3. The van der Waals surface area contributed by atoms with Crippen LogP contribution in [0.3, 0.4) is 0 Å². The minimum atomic E-state index is -0.150. The lowest BCUT2D eigenvalue weighted by molar-refractivity contribution is 0.143. The Morgan fingerprint density at radius 1 is 1.35 bits per heavy atom. The molecule has 1 aliphatic heterocycles. The lowest BCUT2D eigenvalue weighted by atomic mass is 9.89. The van der Waals surface area contributed by atoms with E-state index in [1.165, 1.54) is 13.0 Å². The molecular weight excluding hydrogens is 210 g/mol. The van der Waals surface area contributed by atoms with Gasteiger partial charge >= 0.3 is 0 Å². The van der Waals surface area contributed by atoms with Crippen molar-refractivity contribution in [2.24, 2.45) is 5.41 Å². The van der Waals surface area contributed by atoms with Crippen LogP contribution in [-0.4, -0.2) is 36.6 Å². The molecule has 98 valence electrons. The predicted molar refractivity (Wildman–Crippen MR) is 71.7 cm³/mol. The minimum Gasteiger partial charge on any atom is -0.311 e. The van der Waals surface area contributed by atoms with Crippen molar-refractivity contribution in [3.8, 4) is 6.07 Å². The van der Waals surface area contributed by atoms with Crippen molar-refractivity contribution >= 4 is 0 Å². The van der Waals surface area contributed by atoms with Gasteiger partial charge in [0.05, 0.1) is 11.5 Å². The maximum Gasteiger partial charge on any atom is 0.0683 e. The monoisotopic (exact) mass is 237 g/mol. The van der Waals surface area contributed by atoms with E-state index in [-0.39, 0.29) is 5.41 Å². The highest BCUT2D eigenvalue weighted by Crippen LogP contribution is 2.22. The molecule has 0 aliphatic carbocycles. The molecule has 0 bridgehead atoms. The lowest BCUT2D eigenvalue weighted by Gasteiger charge is -2.37. The molecule has 3 heteroatoms. The fraction of sp³-hybridized carbons (Fsp3) is 0.929. The highest BCUT2D eigenvalue weighted by molar-refractivity contribution is 4.91. The molecule has 0 aromatic heterocycles. The van der Waals surface area contributed by atoms with Gasteiger partial charge in [0.15, 0.2) is 0 Å². The first-order valence-corrected chi connectivity index (χ1v) is 6.83. The summed E-state index contributed by atoms with van der Waals surface area (Å²) in [6.07, 6.45) is 3.38. The van der Waals surface area contributed by atoms with Crippen LogP contribution in [0.5, 0.6) is 0 Å². The van der Waals surface area contributed by atoms with Crippen molar-refractivity contribution in [1.82, 2.24) is 10.2 Å². The van der Waals surface area contributed by atoms with E-state index in [4.69, 9.17) is 5.26 Å². The number of rotatable bonds is 5. The van der Waals surface area contributed by atoms with Crippen LogP contribution in [0.15, 0.2) is 0 Å². The van der Waals surface area contributed by atoms with E-state index in [0.717, 1.165) is 25.9 Å². The Morgan fingerprint density at radius 3 is 2.71 bits per heavy atom. The zero-order valence-corrected chi connectivity index (χ0v) is 11.8. The van der Waals surface area contributed by atoms with Crippen LogP contribution in [-0.2, 0) is 0 Å². The van der Waals surface area contributed by atoms with Crippen LogP contribution in [0.4, 0.5) is 0 Å². The third kappa shape index (κ3) is 5.06. The van der Waals surface area contributed by atoms with Gasteiger partial charge in [-0.2, -0.15) is 5.26 Å². The van der Waals surface area contributed by atoms with Crippen molar-refractivity contribution in [2.75, 3.05) is 19.6 Å². The topological polar surface area (TPSA) is 39.1 Å². The SMILES string of the molecule is CC1CN(CCCCC(C)(C)C#N)C(C)CN1. The molecule has 1 fully saturated rings. The molecule has 17 heavy (non-hydrogen) atoms. The Hall–Kier alpha value is -0.590. The van der Waals surface area contributed by atoms with Crippen molar-refractivity contribution in [2.45, 2.75) is 59.0 Å². The third-order valence-corrected chi connectivity index (χ3v) is 3.69. The molecule has 2 unspecified atom stereocenters. The second-order valence-corrected chi connectivity index (χ2v) is 6.11. The van der Waals surface area contributed by atoms with E-state index < -0.39 is 0 Å². The van der Waals surface area contributed by atoms with Gasteiger partial charge in [-0.3, -0.25) is 4.90 Å². The number of hydrogen-bond acceptors (Lipinski definition) is 3. The smallest absolute Gasteiger partial charge is 0.0683 e. The Bertz CT molecular complexity index is 267. The fourth-order valence-electron chi connectivity index (χ4n) is 2.35. The molecule has 3 nitrogen and oxygen atoms in total. The van der Waals surface area contributed by atoms with Crippen molar-refractivity contribution < 1.29 is 0 Å². The summed E-state index contributed by atoms with van der Waals surface area (Å²) in [5, 5.41) is 12.5. The van der Waals surface area contributed by atoms with Gasteiger partial charge in [0, 0.05) is 25.2 Å². The summed E-state index contributed by atoms with van der Waals surface area (Å²) in [5.41, 5.74) is -0.150. The summed E-state index contributed by atoms with van der Waals surface area (Å²) in [6, 6.07) is 3.63. The van der Waals surface area contributed by atoms with Gasteiger partial charge in [0.25, 0.3) is 0 Å². The number of nitrogens with one attached hydrogen (secondary N) is 1. The highest BCUT2D eigenvalue weighted by atomic mass is 15.2. The summed E-state index contributed by atoms with van der Waals surface area (Å²) in [7, 11) is 0. The van der Waals surface area contributed by atoms with Gasteiger partial charge in [-0.1, -0.05) is 6.42 Å². The molecule has 1 saturated heterocycles. The molecule has 1 N–H and O–H groups in total. The zero-order chi connectivity index (χ0) is 12.9. The van der Waals surface area contributed by atoms with E-state index in [1.54, 1.807) is 0 Å². The molecule has 1 rings (SSSR count). The summed E-state index contributed by atoms with van der Waals surface area (Å²) >= 11 is 0. The third-order valence-electron chi connectivity index (χ3n) is 3.69. The van der Waals surface area contributed by atoms with Crippen molar-refractivity contribution in [1.29, 1.82) is 5.26 Å². The molecule has 2 atom stereocenters. The van der Waals surface area contributed by atoms with Crippen molar-refractivity contribution in [3.05, 3.63) is 0 Å². The number of nitriles is 1. The Morgan fingerprint density at radius 2 is 2.06 bits per heavy atom. The predicted octanol–water partition coefficient (Wildman–Crippen LogP) is 2.39. The van der Waals surface area contributed by atoms with E-state index in [9.17, 15) is 0 Å². The molecule has 0 spiro atoms. The molecule has 0 saturated carbocycles. The first kappa shape index (κ1) is 14.5. The molecular formula is C14H27N3. The van der Waals surface area contributed by atoms with Crippen LogP contribution in [0.25, 0.3) is 0 Å². The van der Waals surface area contributed by atoms with E-state index in [1.807, 2.05) is 13.8 Å². The van der Waals surface area contributed by atoms with Crippen molar-refractivity contribution in [3.63, 3.8) is 0 Å². The second-order valence-electron chi connectivity index (χ2n) is 6.11. The maximum atomic E-state index is 8.95. The summed E-state index contributed by atoms with van der Waals surface area (Å²) in [4.78, 5) is 2.57. The first-order chi connectivity index (χ1) is 7.94. The van der Waals surface area contributed by atoms with Gasteiger partial charge in [0.2, 0.25) is 0 Å². The maximum absolute atomic E-state index is 8.95. The molecule has 0 radical (unpaired) electrons. The molecule has 0 amide bonds. The van der Waals surface area contributed by atoms with Crippen LogP contribution in [0.1, 0.15) is 47.0 Å². The Kier molecular flexibility index (Phi) is 5.42. The van der Waals surface area contributed by atoms with Crippen LogP contribution >= 0.6 is 0 Å². The largest absolute Gasteiger partial charge is 0.311 e. The normalized spacial score (nSPS) is 26.8. The molecule has 1 heterocycles. The van der Waals surface area contributed by atoms with Crippen LogP contribution < -0.4 is 5.32 Å². The molecule has 1 aliphatic rings. The first-order valence-electron chi connectivity index (χ1n) is 6.83. The van der Waals surface area contributed by atoms with E-state index in [2.05, 4.69) is 30.1 Å². The number of unbranched alkanes of at least 4 members (excludes halogenated alkanes) is 1. The van der Waals surface area contributed by atoms with Gasteiger partial charge in [-0.05, 0) is 47.1 Å². The highest BCUT2D eigenvalue weighted by Gasteiger charge is 2.22. The van der Waals surface area contributed by atoms with Gasteiger partial charge in [-0.25, -0.2) is 0 Å². The summed E-state index contributed by atoms with van der Waals surface area (Å²) < 4.78 is 0.